The Labute approximate surface area is 59.8 Å². The van der Waals surface area contributed by atoms with Crippen molar-refractivity contribution in [3.63, 3.8) is 0 Å². The Hall–Kier alpha value is -0.760. The van der Waals surface area contributed by atoms with Crippen LogP contribution in [-0.4, -0.2) is 6.61 Å². The average molecular weight is 138 g/mol. The van der Waals surface area contributed by atoms with Gasteiger partial charge in [0.25, 0.3) is 0 Å². The highest BCUT2D eigenvalue weighted by molar-refractivity contribution is 5.02. The minimum absolute atomic E-state index is 0.231. The fourth-order valence-electron chi connectivity index (χ4n) is 1.28. The van der Waals surface area contributed by atoms with E-state index in [1.165, 1.54) is 0 Å². The molecule has 1 unspecified atom stereocenters. The molecule has 1 aliphatic rings. The predicted molar refractivity (Wildman–Crippen MR) is 36.6 cm³/mol. The van der Waals surface area contributed by atoms with Gasteiger partial charge in [-0.05, 0) is 25.0 Å². The fraction of sp³-hybridized carbons (Fsp3) is 0.500. The van der Waals surface area contributed by atoms with Crippen LogP contribution in [0.2, 0.25) is 0 Å². The molecule has 1 aromatic rings. The van der Waals surface area contributed by atoms with E-state index < -0.39 is 0 Å². The largest absolute Gasteiger partial charge is 0.467 e. The lowest BCUT2D eigenvalue weighted by Gasteiger charge is -2.03. The van der Waals surface area contributed by atoms with Crippen molar-refractivity contribution in [2.24, 2.45) is 0 Å². The van der Waals surface area contributed by atoms with Crippen LogP contribution in [0.25, 0.3) is 0 Å². The van der Waals surface area contributed by atoms with Crippen molar-refractivity contribution < 1.29 is 9.15 Å². The van der Waals surface area contributed by atoms with Gasteiger partial charge in [0.2, 0.25) is 0 Å². The summed E-state index contributed by atoms with van der Waals surface area (Å²) in [7, 11) is 0. The molecule has 0 radical (unpaired) electrons. The molecule has 0 aliphatic carbocycles. The number of furan rings is 1. The highest BCUT2D eigenvalue weighted by Gasteiger charge is 2.19. The van der Waals surface area contributed by atoms with Crippen LogP contribution in [0.1, 0.15) is 24.7 Å². The molecule has 54 valence electrons. The predicted octanol–water partition coefficient (Wildman–Crippen LogP) is 2.13. The quantitative estimate of drug-likeness (QED) is 0.593. The van der Waals surface area contributed by atoms with Crippen molar-refractivity contribution in [2.45, 2.75) is 18.9 Å². The van der Waals surface area contributed by atoms with Crippen LogP contribution in [0.4, 0.5) is 0 Å². The molecule has 2 heteroatoms. The van der Waals surface area contributed by atoms with Gasteiger partial charge in [-0.15, -0.1) is 0 Å². The van der Waals surface area contributed by atoms with E-state index in [4.69, 9.17) is 9.15 Å². The van der Waals surface area contributed by atoms with Crippen LogP contribution in [0.3, 0.4) is 0 Å². The Kier molecular flexibility index (Phi) is 1.47. The third-order valence-corrected chi connectivity index (χ3v) is 1.79. The normalized spacial score (nSPS) is 25.4. The summed E-state index contributed by atoms with van der Waals surface area (Å²) in [5, 5.41) is 0. The Balaban J connectivity index is 2.12. The van der Waals surface area contributed by atoms with Gasteiger partial charge in [0.1, 0.15) is 11.9 Å². The summed E-state index contributed by atoms with van der Waals surface area (Å²) in [5.41, 5.74) is 0. The second kappa shape index (κ2) is 2.46. The summed E-state index contributed by atoms with van der Waals surface area (Å²) in [4.78, 5) is 0. The van der Waals surface area contributed by atoms with E-state index in [1.54, 1.807) is 6.26 Å². The van der Waals surface area contributed by atoms with Gasteiger partial charge in [-0.2, -0.15) is 0 Å². The van der Waals surface area contributed by atoms with Crippen LogP contribution >= 0.6 is 0 Å². The van der Waals surface area contributed by atoms with E-state index in [1.807, 2.05) is 12.1 Å². The molecule has 0 spiro atoms. The van der Waals surface area contributed by atoms with Gasteiger partial charge in [-0.1, -0.05) is 0 Å². The van der Waals surface area contributed by atoms with Gasteiger partial charge in [0.05, 0.1) is 6.26 Å². The van der Waals surface area contributed by atoms with Crippen molar-refractivity contribution >= 4 is 0 Å². The molecule has 1 aliphatic heterocycles. The maximum atomic E-state index is 5.40. The Morgan fingerprint density at radius 3 is 3.10 bits per heavy atom. The second-order valence-corrected chi connectivity index (χ2v) is 2.52. The van der Waals surface area contributed by atoms with Crippen LogP contribution < -0.4 is 0 Å². The summed E-state index contributed by atoms with van der Waals surface area (Å²) in [6, 6.07) is 3.87. The van der Waals surface area contributed by atoms with Crippen LogP contribution in [0.15, 0.2) is 22.8 Å². The van der Waals surface area contributed by atoms with Gasteiger partial charge in [-0.3, -0.25) is 0 Å². The van der Waals surface area contributed by atoms with Gasteiger partial charge >= 0.3 is 0 Å². The Morgan fingerprint density at radius 2 is 2.50 bits per heavy atom. The lowest BCUT2D eigenvalue weighted by molar-refractivity contribution is 0.0936. The second-order valence-electron chi connectivity index (χ2n) is 2.52. The molecule has 0 amide bonds. The van der Waals surface area contributed by atoms with E-state index in [0.717, 1.165) is 25.2 Å². The molecular formula is C8H10O2. The number of hydrogen-bond acceptors (Lipinski definition) is 2. The van der Waals surface area contributed by atoms with Crippen molar-refractivity contribution in [3.05, 3.63) is 24.2 Å². The molecule has 0 N–H and O–H groups in total. The maximum Gasteiger partial charge on any atom is 0.132 e. The zero-order valence-electron chi connectivity index (χ0n) is 5.75. The van der Waals surface area contributed by atoms with E-state index in [9.17, 15) is 0 Å². The zero-order chi connectivity index (χ0) is 6.81. The van der Waals surface area contributed by atoms with Crippen LogP contribution in [0, 0.1) is 0 Å². The van der Waals surface area contributed by atoms with Gasteiger partial charge in [0, 0.05) is 6.61 Å². The van der Waals surface area contributed by atoms with Gasteiger partial charge in [-0.25, -0.2) is 0 Å². The fourth-order valence-corrected chi connectivity index (χ4v) is 1.28. The molecule has 1 atom stereocenters. The van der Waals surface area contributed by atoms with Gasteiger partial charge < -0.3 is 9.15 Å². The van der Waals surface area contributed by atoms with E-state index in [0.29, 0.717) is 0 Å². The first kappa shape index (κ1) is 5.98. The van der Waals surface area contributed by atoms with E-state index in [-0.39, 0.29) is 6.10 Å². The molecule has 0 saturated carbocycles. The van der Waals surface area contributed by atoms with E-state index >= 15 is 0 Å². The highest BCUT2D eigenvalue weighted by atomic mass is 16.5. The van der Waals surface area contributed by atoms with Crippen LogP contribution in [-0.2, 0) is 4.74 Å². The molecule has 2 rings (SSSR count). The number of rotatable bonds is 1. The first-order valence-corrected chi connectivity index (χ1v) is 3.62. The van der Waals surface area contributed by atoms with Crippen molar-refractivity contribution in [1.29, 1.82) is 0 Å². The lowest BCUT2D eigenvalue weighted by atomic mass is 10.2. The average Bonchev–Trinajstić information content (AvgIpc) is 2.59. The Morgan fingerprint density at radius 1 is 1.50 bits per heavy atom. The summed E-state index contributed by atoms with van der Waals surface area (Å²) in [6.07, 6.45) is 4.19. The van der Waals surface area contributed by atoms with Crippen LogP contribution in [0.5, 0.6) is 0 Å². The number of ether oxygens (including phenoxy) is 1. The molecule has 2 nitrogen and oxygen atoms in total. The smallest absolute Gasteiger partial charge is 0.132 e. The number of hydrogen-bond donors (Lipinski definition) is 0. The molecule has 1 saturated heterocycles. The standard InChI is InChI=1S/C8H10O2/c1-3-7(9-5-1)8-4-2-6-10-8/h1,3,5,8H,2,4,6H2. The Bertz CT molecular complexity index is 185. The molecular weight excluding hydrogens is 128 g/mol. The summed E-state index contributed by atoms with van der Waals surface area (Å²) in [6.45, 7) is 0.880. The van der Waals surface area contributed by atoms with Gasteiger partial charge in [0.15, 0.2) is 0 Å². The van der Waals surface area contributed by atoms with Crippen molar-refractivity contribution in [3.8, 4) is 0 Å². The highest BCUT2D eigenvalue weighted by Crippen LogP contribution is 2.28. The summed E-state index contributed by atoms with van der Waals surface area (Å²) in [5.74, 6) is 0.970. The molecule has 10 heavy (non-hydrogen) atoms. The third kappa shape index (κ3) is 0.948. The summed E-state index contributed by atoms with van der Waals surface area (Å²) < 4.78 is 10.6. The molecule has 0 aromatic carbocycles. The molecule has 0 bridgehead atoms. The first-order chi connectivity index (χ1) is 4.97. The monoisotopic (exact) mass is 138 g/mol. The van der Waals surface area contributed by atoms with E-state index in [2.05, 4.69) is 0 Å². The summed E-state index contributed by atoms with van der Waals surface area (Å²) >= 11 is 0. The van der Waals surface area contributed by atoms with Crippen molar-refractivity contribution in [1.82, 2.24) is 0 Å². The third-order valence-electron chi connectivity index (χ3n) is 1.79. The minimum atomic E-state index is 0.231. The SMILES string of the molecule is c1coc(C2CCCO2)c1. The zero-order valence-corrected chi connectivity index (χ0v) is 5.75. The van der Waals surface area contributed by atoms with Crippen molar-refractivity contribution in [2.75, 3.05) is 6.61 Å². The molecule has 1 aromatic heterocycles. The molecule has 2 heterocycles. The maximum absolute atomic E-state index is 5.40. The minimum Gasteiger partial charge on any atom is -0.467 e. The molecule has 1 fully saturated rings. The first-order valence-electron chi connectivity index (χ1n) is 3.62. The topological polar surface area (TPSA) is 22.4 Å². The lowest BCUT2D eigenvalue weighted by Crippen LogP contribution is -1.91.